The molecule has 25 heavy (non-hydrogen) atoms. The van der Waals surface area contributed by atoms with Gasteiger partial charge in [-0.25, -0.2) is 0 Å². The zero-order valence-corrected chi connectivity index (χ0v) is 15.2. The van der Waals surface area contributed by atoms with Gasteiger partial charge in [0.15, 0.2) is 0 Å². The van der Waals surface area contributed by atoms with E-state index in [2.05, 4.69) is 15.0 Å². The van der Waals surface area contributed by atoms with Crippen molar-refractivity contribution in [3.63, 3.8) is 0 Å². The number of halogens is 5. The van der Waals surface area contributed by atoms with Crippen LogP contribution in [0.4, 0.5) is 13.2 Å². The Hall–Kier alpha value is -0.890. The van der Waals surface area contributed by atoms with Crippen LogP contribution in [0.3, 0.4) is 0 Å². The average molecular weight is 403 g/mol. The molecule has 0 unspecified atom stereocenters. The van der Waals surface area contributed by atoms with Gasteiger partial charge in [0, 0.05) is 37.8 Å². The number of nitrogens with zero attached hydrogens (tertiary/aromatic N) is 1. The Morgan fingerprint density at radius 2 is 1.80 bits per heavy atom. The molecule has 9 heteroatoms. The number of alkyl halides is 3. The first-order valence-electron chi connectivity index (χ1n) is 7.97. The molecular formula is C16H23Cl2F3N2O2. The summed E-state index contributed by atoms with van der Waals surface area (Å²) >= 11 is 0. The van der Waals surface area contributed by atoms with Gasteiger partial charge in [-0.15, -0.1) is 38.0 Å². The fourth-order valence-electron chi connectivity index (χ4n) is 3.43. The molecule has 1 heterocycles. The zero-order chi connectivity index (χ0) is 16.4. The summed E-state index contributed by atoms with van der Waals surface area (Å²) < 4.78 is 41.4. The molecule has 1 atom stereocenters. The number of hydrogen-bond acceptors (Lipinski definition) is 4. The summed E-state index contributed by atoms with van der Waals surface area (Å²) in [6.07, 6.45) is -1.52. The molecule has 1 aliphatic heterocycles. The van der Waals surface area contributed by atoms with Crippen molar-refractivity contribution < 1.29 is 23.0 Å². The van der Waals surface area contributed by atoms with E-state index in [0.29, 0.717) is 11.5 Å². The third-order valence-electron chi connectivity index (χ3n) is 4.69. The third kappa shape index (κ3) is 5.54. The first kappa shape index (κ1) is 22.2. The first-order valence-corrected chi connectivity index (χ1v) is 7.97. The van der Waals surface area contributed by atoms with E-state index in [-0.39, 0.29) is 42.4 Å². The highest BCUT2D eigenvalue weighted by molar-refractivity contribution is 5.85. The summed E-state index contributed by atoms with van der Waals surface area (Å²) in [6, 6.07) is 3.74. The number of phenols is 1. The van der Waals surface area contributed by atoms with Crippen molar-refractivity contribution >= 4 is 24.8 Å². The maximum atomic E-state index is 12.5. The van der Waals surface area contributed by atoms with E-state index in [1.807, 2.05) is 0 Å². The summed E-state index contributed by atoms with van der Waals surface area (Å²) in [6.45, 7) is 3.35. The van der Waals surface area contributed by atoms with Crippen LogP contribution in [0.25, 0.3) is 0 Å². The zero-order valence-electron chi connectivity index (χ0n) is 13.6. The molecule has 2 aliphatic rings. The number of phenolic OH excluding ortho intramolecular Hbond substituents is 1. The topological polar surface area (TPSA) is 44.7 Å². The van der Waals surface area contributed by atoms with Crippen molar-refractivity contribution in [2.24, 2.45) is 5.92 Å². The van der Waals surface area contributed by atoms with Crippen LogP contribution in [0.5, 0.6) is 11.5 Å². The maximum absolute atomic E-state index is 12.5. The Morgan fingerprint density at radius 1 is 1.16 bits per heavy atom. The van der Waals surface area contributed by atoms with E-state index in [1.54, 1.807) is 0 Å². The molecule has 1 aliphatic carbocycles. The molecule has 0 amide bonds. The molecular weight excluding hydrogens is 380 g/mol. The van der Waals surface area contributed by atoms with E-state index in [0.717, 1.165) is 51.5 Å². The van der Waals surface area contributed by atoms with E-state index < -0.39 is 6.36 Å². The Morgan fingerprint density at radius 3 is 2.32 bits per heavy atom. The molecule has 1 saturated carbocycles. The molecule has 2 fully saturated rings. The number of nitrogens with one attached hydrogen (secondary N) is 1. The second kappa shape index (κ2) is 9.16. The van der Waals surface area contributed by atoms with Gasteiger partial charge in [0.05, 0.1) is 0 Å². The Balaban J connectivity index is 0.00000156. The number of aromatic hydroxyl groups is 1. The van der Waals surface area contributed by atoms with Crippen LogP contribution in [0.15, 0.2) is 18.2 Å². The smallest absolute Gasteiger partial charge is 0.508 e. The van der Waals surface area contributed by atoms with Crippen molar-refractivity contribution in [3.8, 4) is 11.5 Å². The molecule has 1 saturated heterocycles. The summed E-state index contributed by atoms with van der Waals surface area (Å²) in [5.41, 5.74) is 0.540. The number of piperazine rings is 1. The summed E-state index contributed by atoms with van der Waals surface area (Å²) in [4.78, 5) is 2.26. The standard InChI is InChI=1S/C16H21F3N2O2.2ClH/c17-16(18,19)23-12-4-5-14(22)13(10-12)15(11-2-1-3-11)21-8-6-20-7-9-21;;/h4-5,10-11,15,20,22H,1-3,6-9H2;2*1H/t15-;;/m0../s1. The Bertz CT molecular complexity index is 551. The van der Waals surface area contributed by atoms with Crippen molar-refractivity contribution in [2.75, 3.05) is 26.2 Å². The van der Waals surface area contributed by atoms with E-state index >= 15 is 0 Å². The summed E-state index contributed by atoms with van der Waals surface area (Å²) in [5.74, 6) is 0.139. The number of hydrogen-bond donors (Lipinski definition) is 2. The Kier molecular flexibility index (Phi) is 8.12. The highest BCUT2D eigenvalue weighted by Gasteiger charge is 2.36. The van der Waals surface area contributed by atoms with Crippen LogP contribution >= 0.6 is 24.8 Å². The lowest BCUT2D eigenvalue weighted by Gasteiger charge is -2.43. The third-order valence-corrected chi connectivity index (χ3v) is 4.69. The quantitative estimate of drug-likeness (QED) is 0.801. The highest BCUT2D eigenvalue weighted by atomic mass is 35.5. The van der Waals surface area contributed by atoms with Crippen LogP contribution in [0.1, 0.15) is 30.9 Å². The minimum absolute atomic E-state index is 0. The predicted octanol–water partition coefficient (Wildman–Crippen LogP) is 3.88. The largest absolute Gasteiger partial charge is 0.573 e. The Labute approximate surface area is 157 Å². The maximum Gasteiger partial charge on any atom is 0.573 e. The fourth-order valence-corrected chi connectivity index (χ4v) is 3.43. The van der Waals surface area contributed by atoms with Gasteiger partial charge >= 0.3 is 6.36 Å². The van der Waals surface area contributed by atoms with Gasteiger partial charge in [-0.3, -0.25) is 4.90 Å². The molecule has 1 aromatic carbocycles. The lowest BCUT2D eigenvalue weighted by molar-refractivity contribution is -0.274. The van der Waals surface area contributed by atoms with Gasteiger partial charge in [-0.1, -0.05) is 6.42 Å². The number of benzene rings is 1. The van der Waals surface area contributed by atoms with Crippen LogP contribution < -0.4 is 10.1 Å². The predicted molar refractivity (Wildman–Crippen MR) is 93.8 cm³/mol. The van der Waals surface area contributed by atoms with Crippen molar-refractivity contribution in [1.82, 2.24) is 10.2 Å². The van der Waals surface area contributed by atoms with Gasteiger partial charge in [0.2, 0.25) is 0 Å². The van der Waals surface area contributed by atoms with E-state index in [1.165, 1.54) is 12.1 Å². The van der Waals surface area contributed by atoms with Crippen LogP contribution in [-0.2, 0) is 0 Å². The molecule has 0 aromatic heterocycles. The lowest BCUT2D eigenvalue weighted by Crippen LogP contribution is -2.47. The van der Waals surface area contributed by atoms with Gasteiger partial charge < -0.3 is 15.2 Å². The molecule has 0 spiro atoms. The van der Waals surface area contributed by atoms with Gasteiger partial charge in [0.25, 0.3) is 0 Å². The van der Waals surface area contributed by atoms with Crippen LogP contribution in [0, 0.1) is 5.92 Å². The van der Waals surface area contributed by atoms with Crippen LogP contribution in [0.2, 0.25) is 0 Å². The molecule has 0 bridgehead atoms. The van der Waals surface area contributed by atoms with E-state index in [4.69, 9.17) is 0 Å². The van der Waals surface area contributed by atoms with Gasteiger partial charge in [-0.05, 0) is 37.0 Å². The average Bonchev–Trinajstić information content (AvgIpc) is 2.44. The van der Waals surface area contributed by atoms with Crippen molar-refractivity contribution in [2.45, 2.75) is 31.7 Å². The molecule has 0 radical (unpaired) electrons. The van der Waals surface area contributed by atoms with E-state index in [9.17, 15) is 18.3 Å². The molecule has 4 nitrogen and oxygen atoms in total. The molecule has 3 rings (SSSR count). The fraction of sp³-hybridized carbons (Fsp3) is 0.625. The van der Waals surface area contributed by atoms with Crippen molar-refractivity contribution in [1.29, 1.82) is 0 Å². The monoisotopic (exact) mass is 402 g/mol. The minimum atomic E-state index is -4.73. The molecule has 144 valence electrons. The molecule has 1 aromatic rings. The van der Waals surface area contributed by atoms with Crippen LogP contribution in [-0.4, -0.2) is 42.5 Å². The molecule has 2 N–H and O–H groups in total. The van der Waals surface area contributed by atoms with Gasteiger partial charge in [0.1, 0.15) is 11.5 Å². The summed E-state index contributed by atoms with van der Waals surface area (Å²) in [5, 5.41) is 13.5. The highest BCUT2D eigenvalue weighted by Crippen LogP contribution is 2.45. The first-order chi connectivity index (χ1) is 10.9. The van der Waals surface area contributed by atoms with Crippen molar-refractivity contribution in [3.05, 3.63) is 23.8 Å². The number of rotatable bonds is 4. The minimum Gasteiger partial charge on any atom is -0.508 e. The lowest BCUT2D eigenvalue weighted by atomic mass is 9.76. The summed E-state index contributed by atoms with van der Waals surface area (Å²) in [7, 11) is 0. The normalized spacial score (nSPS) is 20.0. The second-order valence-electron chi connectivity index (χ2n) is 6.19. The number of ether oxygens (including phenoxy) is 1. The SMILES string of the molecule is Cl.Cl.Oc1ccc(OC(F)(F)F)cc1[C@H](C1CCC1)N1CCNCC1. The van der Waals surface area contributed by atoms with Gasteiger partial charge in [-0.2, -0.15) is 0 Å². The second-order valence-corrected chi connectivity index (χ2v) is 6.19.